The lowest BCUT2D eigenvalue weighted by atomic mass is 9.97. The first kappa shape index (κ1) is 16.1. The summed E-state index contributed by atoms with van der Waals surface area (Å²) in [5.74, 6) is 0.781. The smallest absolute Gasteiger partial charge is 0.151 e. The van der Waals surface area contributed by atoms with Crippen LogP contribution < -0.4 is 5.73 Å². The molecular formula is C19H23N5O. The summed E-state index contributed by atoms with van der Waals surface area (Å²) in [5.41, 5.74) is 9.97. The second-order valence-corrected chi connectivity index (χ2v) is 6.84. The number of aromatic nitrogens is 3. The van der Waals surface area contributed by atoms with Crippen molar-refractivity contribution in [2.45, 2.75) is 25.5 Å². The Bertz CT molecular complexity index is 847. The molecule has 1 fully saturated rings. The highest BCUT2D eigenvalue weighted by atomic mass is 16.3. The maximum atomic E-state index is 10.4. The van der Waals surface area contributed by atoms with Gasteiger partial charge in [0.1, 0.15) is 11.8 Å². The Morgan fingerprint density at radius 3 is 2.88 bits per heavy atom. The molecule has 4 rings (SSSR count). The number of fused-ring (bicyclic) bond motifs is 1. The molecular weight excluding hydrogens is 314 g/mol. The van der Waals surface area contributed by atoms with Gasteiger partial charge in [-0.15, -0.1) is 0 Å². The zero-order valence-corrected chi connectivity index (χ0v) is 14.1. The number of rotatable bonds is 5. The van der Waals surface area contributed by atoms with Crippen LogP contribution >= 0.6 is 0 Å². The minimum atomic E-state index is -0.270. The number of aliphatic hydroxyl groups is 1. The van der Waals surface area contributed by atoms with Gasteiger partial charge in [-0.3, -0.25) is 4.90 Å². The van der Waals surface area contributed by atoms with Crippen molar-refractivity contribution in [3.05, 3.63) is 54.0 Å². The second kappa shape index (κ2) is 6.82. The highest BCUT2D eigenvalue weighted by molar-refractivity contribution is 5.86. The van der Waals surface area contributed by atoms with E-state index in [1.807, 2.05) is 12.3 Å². The molecule has 3 heterocycles. The van der Waals surface area contributed by atoms with Crippen molar-refractivity contribution in [1.29, 1.82) is 0 Å². The van der Waals surface area contributed by atoms with Gasteiger partial charge in [0.2, 0.25) is 0 Å². The van der Waals surface area contributed by atoms with Crippen LogP contribution in [-0.4, -0.2) is 44.2 Å². The molecule has 0 spiro atoms. The third-order valence-corrected chi connectivity index (χ3v) is 5.09. The van der Waals surface area contributed by atoms with E-state index in [1.165, 1.54) is 11.9 Å². The molecule has 0 amide bonds. The third kappa shape index (κ3) is 3.36. The van der Waals surface area contributed by atoms with Crippen LogP contribution in [0.15, 0.2) is 42.9 Å². The van der Waals surface area contributed by atoms with E-state index in [1.54, 1.807) is 0 Å². The van der Waals surface area contributed by atoms with Crippen molar-refractivity contribution in [3.63, 3.8) is 0 Å². The van der Waals surface area contributed by atoms with Crippen LogP contribution in [0.4, 0.5) is 5.82 Å². The summed E-state index contributed by atoms with van der Waals surface area (Å²) < 4.78 is 0. The highest BCUT2D eigenvalue weighted by Crippen LogP contribution is 2.26. The van der Waals surface area contributed by atoms with E-state index in [4.69, 9.17) is 5.73 Å². The number of hydrogen-bond acceptors (Lipinski definition) is 5. The SMILES string of the molecule is Nc1ncnc2c(CN3CC(O)C(CCc4ccccc4)C3)c[nH]c12. The molecule has 4 N–H and O–H groups in total. The largest absolute Gasteiger partial charge is 0.391 e. The summed E-state index contributed by atoms with van der Waals surface area (Å²) in [6.07, 6.45) is 5.18. The maximum absolute atomic E-state index is 10.4. The predicted molar refractivity (Wildman–Crippen MR) is 97.8 cm³/mol. The number of likely N-dealkylation sites (tertiary alicyclic amines) is 1. The number of H-pyrrole nitrogens is 1. The van der Waals surface area contributed by atoms with Gasteiger partial charge in [-0.05, 0) is 24.3 Å². The number of nitrogens with two attached hydrogens (primary N) is 1. The fourth-order valence-corrected chi connectivity index (χ4v) is 3.73. The quantitative estimate of drug-likeness (QED) is 0.662. The van der Waals surface area contributed by atoms with Crippen molar-refractivity contribution < 1.29 is 5.11 Å². The van der Waals surface area contributed by atoms with Gasteiger partial charge in [0.25, 0.3) is 0 Å². The standard InChI is InChI=1S/C19H23N5O/c20-19-18-17(22-12-23-19)15(8-21-18)10-24-9-14(16(25)11-24)7-6-13-4-2-1-3-5-13/h1-5,8,12,14,16,21,25H,6-7,9-11H2,(H2,20,22,23). The number of nitrogens with zero attached hydrogens (tertiary/aromatic N) is 3. The second-order valence-electron chi connectivity index (χ2n) is 6.84. The molecule has 6 heteroatoms. The van der Waals surface area contributed by atoms with Crippen molar-refractivity contribution in [1.82, 2.24) is 19.9 Å². The van der Waals surface area contributed by atoms with Gasteiger partial charge >= 0.3 is 0 Å². The summed E-state index contributed by atoms with van der Waals surface area (Å²) in [7, 11) is 0. The summed E-state index contributed by atoms with van der Waals surface area (Å²) in [4.78, 5) is 13.8. The number of nitrogens with one attached hydrogen (secondary N) is 1. The molecule has 25 heavy (non-hydrogen) atoms. The number of benzene rings is 1. The van der Waals surface area contributed by atoms with E-state index in [2.05, 4.69) is 44.1 Å². The van der Waals surface area contributed by atoms with Crippen molar-refractivity contribution in [3.8, 4) is 0 Å². The van der Waals surface area contributed by atoms with E-state index in [0.717, 1.165) is 42.5 Å². The number of aryl methyl sites for hydroxylation is 1. The van der Waals surface area contributed by atoms with Gasteiger partial charge in [0.15, 0.2) is 5.82 Å². The highest BCUT2D eigenvalue weighted by Gasteiger charge is 2.31. The average Bonchev–Trinajstić information content (AvgIpc) is 3.19. The van der Waals surface area contributed by atoms with E-state index in [9.17, 15) is 5.11 Å². The molecule has 0 aliphatic carbocycles. The fraction of sp³-hybridized carbons (Fsp3) is 0.368. The summed E-state index contributed by atoms with van der Waals surface area (Å²) in [5, 5.41) is 10.4. The van der Waals surface area contributed by atoms with Gasteiger partial charge in [0, 0.05) is 31.4 Å². The Morgan fingerprint density at radius 1 is 1.20 bits per heavy atom. The van der Waals surface area contributed by atoms with Gasteiger partial charge in [-0.2, -0.15) is 0 Å². The Kier molecular flexibility index (Phi) is 4.38. The lowest BCUT2D eigenvalue weighted by Gasteiger charge is -2.15. The van der Waals surface area contributed by atoms with Crippen molar-refractivity contribution >= 4 is 16.9 Å². The molecule has 0 bridgehead atoms. The van der Waals surface area contributed by atoms with E-state index in [-0.39, 0.29) is 6.10 Å². The number of aliphatic hydroxyl groups excluding tert-OH is 1. The van der Waals surface area contributed by atoms with Crippen LogP contribution in [0.1, 0.15) is 17.5 Å². The first-order valence-electron chi connectivity index (χ1n) is 8.71. The third-order valence-electron chi connectivity index (χ3n) is 5.09. The monoisotopic (exact) mass is 337 g/mol. The topological polar surface area (TPSA) is 91.1 Å². The molecule has 1 saturated heterocycles. The lowest BCUT2D eigenvalue weighted by Crippen LogP contribution is -2.21. The van der Waals surface area contributed by atoms with Gasteiger partial charge < -0.3 is 15.8 Å². The molecule has 0 radical (unpaired) electrons. The molecule has 2 aromatic heterocycles. The molecule has 2 atom stereocenters. The maximum Gasteiger partial charge on any atom is 0.151 e. The first-order valence-corrected chi connectivity index (χ1v) is 8.71. The van der Waals surface area contributed by atoms with Crippen LogP contribution in [-0.2, 0) is 13.0 Å². The first-order chi connectivity index (χ1) is 12.2. The van der Waals surface area contributed by atoms with Crippen LogP contribution in [0.3, 0.4) is 0 Å². The van der Waals surface area contributed by atoms with Crippen LogP contribution in [0.5, 0.6) is 0 Å². The van der Waals surface area contributed by atoms with E-state index < -0.39 is 0 Å². The van der Waals surface area contributed by atoms with Gasteiger partial charge in [-0.25, -0.2) is 9.97 Å². The lowest BCUT2D eigenvalue weighted by molar-refractivity contribution is 0.137. The van der Waals surface area contributed by atoms with Gasteiger partial charge in [0.05, 0.1) is 11.6 Å². The number of hydrogen-bond donors (Lipinski definition) is 3. The molecule has 6 nitrogen and oxygen atoms in total. The van der Waals surface area contributed by atoms with E-state index in [0.29, 0.717) is 18.3 Å². The summed E-state index contributed by atoms with van der Waals surface area (Å²) in [6, 6.07) is 10.5. The average molecular weight is 337 g/mol. The molecule has 1 aliphatic rings. The number of anilines is 1. The normalized spacial score (nSPS) is 21.2. The Morgan fingerprint density at radius 2 is 2.04 bits per heavy atom. The Balaban J connectivity index is 1.40. The van der Waals surface area contributed by atoms with Crippen LogP contribution in [0.2, 0.25) is 0 Å². The Hall–Kier alpha value is -2.44. The zero-order chi connectivity index (χ0) is 17.2. The van der Waals surface area contributed by atoms with Crippen molar-refractivity contribution in [2.75, 3.05) is 18.8 Å². The number of aromatic amines is 1. The fourth-order valence-electron chi connectivity index (χ4n) is 3.73. The van der Waals surface area contributed by atoms with Gasteiger partial charge in [-0.1, -0.05) is 30.3 Å². The summed E-state index contributed by atoms with van der Waals surface area (Å²) >= 11 is 0. The molecule has 0 saturated carbocycles. The van der Waals surface area contributed by atoms with Crippen molar-refractivity contribution in [2.24, 2.45) is 5.92 Å². The molecule has 130 valence electrons. The minimum absolute atomic E-state index is 0.270. The number of nitrogen functional groups attached to an aromatic ring is 1. The zero-order valence-electron chi connectivity index (χ0n) is 14.1. The number of β-amino-alcohol motifs (C(OH)–C–C–N with tert-alkyl or cyclic N) is 1. The van der Waals surface area contributed by atoms with Crippen LogP contribution in [0.25, 0.3) is 11.0 Å². The molecule has 1 aliphatic heterocycles. The predicted octanol–water partition coefficient (Wildman–Crippen LogP) is 1.97. The summed E-state index contributed by atoms with van der Waals surface area (Å²) in [6.45, 7) is 2.36. The molecule has 2 unspecified atom stereocenters. The van der Waals surface area contributed by atoms with E-state index >= 15 is 0 Å². The Labute approximate surface area is 146 Å². The minimum Gasteiger partial charge on any atom is -0.391 e. The molecule has 1 aromatic carbocycles. The molecule has 3 aromatic rings. The van der Waals surface area contributed by atoms with Crippen LogP contribution in [0, 0.1) is 5.92 Å².